The van der Waals surface area contributed by atoms with Crippen molar-refractivity contribution in [3.05, 3.63) is 48.6 Å². The molecule has 1 saturated heterocycles. The van der Waals surface area contributed by atoms with Gasteiger partial charge in [-0.05, 0) is 28.8 Å². The van der Waals surface area contributed by atoms with Gasteiger partial charge < -0.3 is 4.43 Å². The normalized spacial score (nSPS) is 17.0. The molecule has 0 amide bonds. The largest absolute Gasteiger partial charge is 0.412 e. The quantitative estimate of drug-likeness (QED) is 0.718. The second-order valence-electron chi connectivity index (χ2n) is 4.00. The lowest BCUT2D eigenvalue weighted by Crippen LogP contribution is -2.25. The highest BCUT2D eigenvalue weighted by atomic mass is 28.3. The Hall–Kier alpha value is -1.12. The Kier molecular flexibility index (Phi) is 3.75. The van der Waals surface area contributed by atoms with Crippen LogP contribution in [-0.4, -0.2) is 15.6 Å². The van der Waals surface area contributed by atoms with Crippen LogP contribution in [0.4, 0.5) is 0 Å². The van der Waals surface area contributed by atoms with E-state index in [4.69, 9.17) is 4.43 Å². The van der Waals surface area contributed by atoms with Crippen molar-refractivity contribution >= 4 is 20.3 Å². The summed E-state index contributed by atoms with van der Waals surface area (Å²) in [4.78, 5) is 0. The first-order valence-electron chi connectivity index (χ1n) is 5.72. The Bertz CT molecular complexity index is 391. The van der Waals surface area contributed by atoms with E-state index in [1.807, 2.05) is 12.1 Å². The molecule has 1 nitrogen and oxygen atoms in total. The molecule has 2 heteroatoms. The van der Waals surface area contributed by atoms with Crippen LogP contribution >= 0.6 is 0 Å². The van der Waals surface area contributed by atoms with Crippen molar-refractivity contribution in [2.75, 3.05) is 6.61 Å². The fourth-order valence-electron chi connectivity index (χ4n) is 1.99. The van der Waals surface area contributed by atoms with E-state index in [0.29, 0.717) is 0 Å². The minimum atomic E-state index is -0.852. The second-order valence-corrected chi connectivity index (χ2v) is 6.24. The van der Waals surface area contributed by atoms with Gasteiger partial charge in [0.25, 0.3) is 0 Å². The fourth-order valence-corrected chi connectivity index (χ4v) is 4.10. The highest BCUT2D eigenvalue weighted by Crippen LogP contribution is 2.26. The van der Waals surface area contributed by atoms with Crippen LogP contribution in [0.5, 0.6) is 0 Å². The van der Waals surface area contributed by atoms with Gasteiger partial charge in [-0.15, -0.1) is 0 Å². The molecule has 0 saturated carbocycles. The predicted octanol–water partition coefficient (Wildman–Crippen LogP) is 3.68. The highest BCUT2D eigenvalue weighted by Gasteiger charge is 2.22. The average molecular weight is 229 g/mol. The van der Waals surface area contributed by atoms with Crippen molar-refractivity contribution < 1.29 is 4.43 Å². The van der Waals surface area contributed by atoms with E-state index in [1.54, 1.807) is 0 Å². The Morgan fingerprint density at radius 2 is 2.12 bits per heavy atom. The van der Waals surface area contributed by atoms with E-state index in [1.165, 1.54) is 35.2 Å². The Morgan fingerprint density at radius 1 is 1.31 bits per heavy atom. The van der Waals surface area contributed by atoms with Gasteiger partial charge >= 0.3 is 0 Å². The van der Waals surface area contributed by atoms with Gasteiger partial charge in [0.15, 0.2) is 0 Å². The molecule has 16 heavy (non-hydrogen) atoms. The maximum atomic E-state index is 5.86. The molecule has 1 heterocycles. The van der Waals surface area contributed by atoms with Crippen LogP contribution < -0.4 is 0 Å². The summed E-state index contributed by atoms with van der Waals surface area (Å²) in [6, 6.07) is 9.48. The van der Waals surface area contributed by atoms with Crippen molar-refractivity contribution in [1.82, 2.24) is 0 Å². The molecule has 1 aliphatic rings. The number of hydrogen-bond donors (Lipinski definition) is 0. The van der Waals surface area contributed by atoms with E-state index in [9.17, 15) is 0 Å². The summed E-state index contributed by atoms with van der Waals surface area (Å²) in [7, 11) is -0.852. The van der Waals surface area contributed by atoms with Gasteiger partial charge in [-0.25, -0.2) is 0 Å². The van der Waals surface area contributed by atoms with Crippen LogP contribution in [0, 0.1) is 0 Å². The zero-order valence-electron chi connectivity index (χ0n) is 9.54. The zero-order valence-corrected chi connectivity index (χ0v) is 10.5. The van der Waals surface area contributed by atoms with Gasteiger partial charge in [0.1, 0.15) is 0 Å². The molecule has 1 aromatic carbocycles. The van der Waals surface area contributed by atoms with Crippen molar-refractivity contribution in [2.24, 2.45) is 0 Å². The molecular formula is C14H17OSi. The summed E-state index contributed by atoms with van der Waals surface area (Å²) < 4.78 is 5.86. The second kappa shape index (κ2) is 5.28. The molecule has 2 rings (SSSR count). The monoisotopic (exact) mass is 229 g/mol. The van der Waals surface area contributed by atoms with Gasteiger partial charge in [0.05, 0.1) is 0 Å². The topological polar surface area (TPSA) is 9.23 Å². The molecule has 1 aromatic rings. The third-order valence-corrected chi connectivity index (χ3v) is 5.22. The number of rotatable bonds is 3. The summed E-state index contributed by atoms with van der Waals surface area (Å²) in [6.45, 7) is 8.98. The third kappa shape index (κ3) is 2.34. The smallest absolute Gasteiger partial charge is 0.246 e. The third-order valence-electron chi connectivity index (χ3n) is 2.92. The lowest BCUT2D eigenvalue weighted by Gasteiger charge is -2.23. The lowest BCUT2D eigenvalue weighted by atomic mass is 10.1. The van der Waals surface area contributed by atoms with E-state index in [2.05, 4.69) is 31.4 Å². The zero-order chi connectivity index (χ0) is 11.4. The lowest BCUT2D eigenvalue weighted by molar-refractivity contribution is 0.295. The molecule has 0 unspecified atom stereocenters. The maximum absolute atomic E-state index is 5.86. The molecule has 1 aliphatic heterocycles. The minimum Gasteiger partial charge on any atom is -0.412 e. The molecule has 0 aromatic heterocycles. The van der Waals surface area contributed by atoms with E-state index in [-0.39, 0.29) is 0 Å². The molecule has 0 spiro atoms. The Balaban J connectivity index is 2.22. The van der Waals surface area contributed by atoms with Crippen LogP contribution in [0.15, 0.2) is 37.4 Å². The molecule has 0 N–H and O–H groups in total. The first-order valence-corrected chi connectivity index (χ1v) is 7.34. The number of hydrogen-bond acceptors (Lipinski definition) is 1. The molecule has 83 valence electrons. The molecular weight excluding hydrogens is 212 g/mol. The molecule has 0 aliphatic carbocycles. The van der Waals surface area contributed by atoms with Crippen LogP contribution in [0.25, 0.3) is 11.3 Å². The summed E-state index contributed by atoms with van der Waals surface area (Å²) in [5, 5.41) is 1.19. The maximum Gasteiger partial charge on any atom is 0.246 e. The fraction of sp³-hybridized carbons (Fsp3) is 0.286. The molecule has 1 radical (unpaired) electrons. The first kappa shape index (κ1) is 11.4. The van der Waals surface area contributed by atoms with Crippen LogP contribution in [0.3, 0.4) is 0 Å². The van der Waals surface area contributed by atoms with Crippen molar-refractivity contribution in [1.29, 1.82) is 0 Å². The highest BCUT2D eigenvalue weighted by molar-refractivity contribution is 6.73. The van der Waals surface area contributed by atoms with Gasteiger partial charge in [0.2, 0.25) is 9.04 Å². The molecule has 0 atom stereocenters. The Labute approximate surface area is 99.2 Å². The Morgan fingerprint density at radius 3 is 2.81 bits per heavy atom. The van der Waals surface area contributed by atoms with Crippen molar-refractivity contribution in [3.8, 4) is 0 Å². The van der Waals surface area contributed by atoms with Crippen molar-refractivity contribution in [3.63, 3.8) is 0 Å². The van der Waals surface area contributed by atoms with Gasteiger partial charge in [-0.3, -0.25) is 0 Å². The standard InChI is InChI=1S/C14H17OSi/c1-3-13-8-4-5-9-14(13)12(2)16-11-7-6-10-15-16/h3-5,8-9H,1-2,6-7,10-11H2. The van der Waals surface area contributed by atoms with Crippen LogP contribution in [-0.2, 0) is 4.43 Å². The summed E-state index contributed by atoms with van der Waals surface area (Å²) >= 11 is 0. The number of benzene rings is 1. The van der Waals surface area contributed by atoms with Crippen LogP contribution in [0.2, 0.25) is 6.04 Å². The van der Waals surface area contributed by atoms with Crippen molar-refractivity contribution in [2.45, 2.75) is 18.9 Å². The SMILES string of the molecule is C=Cc1ccccc1C(=C)[Si]1CCCCO1. The molecule has 1 fully saturated rings. The van der Waals surface area contributed by atoms with E-state index < -0.39 is 9.04 Å². The van der Waals surface area contributed by atoms with Gasteiger partial charge in [-0.2, -0.15) is 0 Å². The first-order chi connectivity index (χ1) is 7.83. The van der Waals surface area contributed by atoms with E-state index >= 15 is 0 Å². The summed E-state index contributed by atoms with van der Waals surface area (Å²) in [5.74, 6) is 0. The average Bonchev–Trinajstić information content (AvgIpc) is 2.39. The molecule has 0 bridgehead atoms. The summed E-state index contributed by atoms with van der Waals surface area (Å²) in [6.07, 6.45) is 4.37. The van der Waals surface area contributed by atoms with Gasteiger partial charge in [0, 0.05) is 6.61 Å². The predicted molar refractivity (Wildman–Crippen MR) is 71.3 cm³/mol. The van der Waals surface area contributed by atoms with E-state index in [0.717, 1.165) is 6.61 Å². The van der Waals surface area contributed by atoms with Crippen LogP contribution in [0.1, 0.15) is 24.0 Å². The summed E-state index contributed by atoms with van der Waals surface area (Å²) in [5.41, 5.74) is 2.38. The minimum absolute atomic E-state index is 0.852. The van der Waals surface area contributed by atoms with Gasteiger partial charge in [-0.1, -0.05) is 49.9 Å².